The van der Waals surface area contributed by atoms with Crippen LogP contribution in [-0.2, 0) is 14.8 Å². The number of sulfonamides is 1. The van der Waals surface area contributed by atoms with Gasteiger partial charge in [0.15, 0.2) is 0 Å². The summed E-state index contributed by atoms with van der Waals surface area (Å²) in [7, 11) is -3.98. The molecule has 0 bridgehead atoms. The number of hydrogen-bond acceptors (Lipinski definition) is 5. The zero-order valence-electron chi connectivity index (χ0n) is 17.9. The quantitative estimate of drug-likeness (QED) is 0.517. The summed E-state index contributed by atoms with van der Waals surface area (Å²) in [5.41, 5.74) is 0.339. The van der Waals surface area contributed by atoms with Gasteiger partial charge in [0.1, 0.15) is 12.3 Å². The van der Waals surface area contributed by atoms with Crippen LogP contribution >= 0.6 is 11.8 Å². The van der Waals surface area contributed by atoms with E-state index >= 15 is 0 Å². The molecule has 2 aromatic carbocycles. The van der Waals surface area contributed by atoms with Crippen molar-refractivity contribution >= 4 is 33.4 Å². The number of ether oxygens (including phenoxy) is 1. The second kappa shape index (κ2) is 11.3. The number of para-hydroxylation sites is 2. The van der Waals surface area contributed by atoms with Crippen LogP contribution in [0.4, 0.5) is 5.69 Å². The molecule has 2 rings (SSSR count). The highest BCUT2D eigenvalue weighted by Gasteiger charge is 2.29. The number of carbonyl (C=O) groups is 1. The number of hydrogen-bond donors (Lipinski definition) is 1. The van der Waals surface area contributed by atoms with Crippen LogP contribution in [0.1, 0.15) is 33.6 Å². The highest BCUT2D eigenvalue weighted by molar-refractivity contribution is 7.98. The predicted molar refractivity (Wildman–Crippen MR) is 123 cm³/mol. The molecule has 0 saturated carbocycles. The molecule has 0 aliphatic rings. The smallest absolute Gasteiger partial charge is 0.264 e. The second-order valence-corrected chi connectivity index (χ2v) is 9.59. The molecule has 6 nitrogen and oxygen atoms in total. The number of anilines is 1. The molecule has 1 N–H and O–H groups in total. The van der Waals surface area contributed by atoms with Crippen molar-refractivity contribution in [2.75, 3.05) is 23.7 Å². The topological polar surface area (TPSA) is 75.7 Å². The first kappa shape index (κ1) is 24.1. The van der Waals surface area contributed by atoms with Crippen molar-refractivity contribution < 1.29 is 17.9 Å². The average molecular weight is 451 g/mol. The number of amides is 1. The average Bonchev–Trinajstić information content (AvgIpc) is 2.73. The van der Waals surface area contributed by atoms with Gasteiger partial charge in [-0.1, -0.05) is 25.5 Å². The van der Waals surface area contributed by atoms with E-state index in [-0.39, 0.29) is 23.4 Å². The van der Waals surface area contributed by atoms with Crippen LogP contribution in [0.2, 0.25) is 0 Å². The van der Waals surface area contributed by atoms with E-state index in [9.17, 15) is 13.2 Å². The lowest BCUT2D eigenvalue weighted by molar-refractivity contribution is -0.120. The zero-order chi connectivity index (χ0) is 22.1. The Morgan fingerprint density at radius 3 is 2.40 bits per heavy atom. The van der Waals surface area contributed by atoms with Crippen molar-refractivity contribution in [3.8, 4) is 5.75 Å². The summed E-state index contributed by atoms with van der Waals surface area (Å²) in [6.07, 6.45) is 3.68. The zero-order valence-corrected chi connectivity index (χ0v) is 19.6. The Bertz CT molecular complexity index is 930. The minimum Gasteiger partial charge on any atom is -0.492 e. The maximum absolute atomic E-state index is 13.5. The lowest BCUT2D eigenvalue weighted by Crippen LogP contribution is -2.43. The van der Waals surface area contributed by atoms with E-state index in [0.717, 1.165) is 22.0 Å². The number of carbonyl (C=O) groups excluding carboxylic acids is 1. The van der Waals surface area contributed by atoms with Gasteiger partial charge in [0.25, 0.3) is 10.0 Å². The molecule has 0 fully saturated rings. The summed E-state index contributed by atoms with van der Waals surface area (Å²) in [5.74, 6) is 0.0604. The van der Waals surface area contributed by atoms with Crippen LogP contribution in [0.5, 0.6) is 5.75 Å². The Labute approximate surface area is 184 Å². The highest BCUT2D eigenvalue weighted by Crippen LogP contribution is 2.32. The number of rotatable bonds is 11. The van der Waals surface area contributed by atoms with Gasteiger partial charge in [-0.3, -0.25) is 9.10 Å². The van der Waals surface area contributed by atoms with E-state index in [1.807, 2.05) is 27.0 Å². The lowest BCUT2D eigenvalue weighted by atomic mass is 10.2. The lowest BCUT2D eigenvalue weighted by Gasteiger charge is -2.26. The number of benzene rings is 2. The monoisotopic (exact) mass is 450 g/mol. The minimum atomic E-state index is -3.98. The Morgan fingerprint density at radius 2 is 1.80 bits per heavy atom. The molecule has 164 valence electrons. The fourth-order valence-electron chi connectivity index (χ4n) is 3.07. The van der Waals surface area contributed by atoms with Gasteiger partial charge in [0.05, 0.1) is 17.2 Å². The van der Waals surface area contributed by atoms with Gasteiger partial charge in [-0.05, 0) is 62.9 Å². The van der Waals surface area contributed by atoms with Crippen molar-refractivity contribution in [3.05, 3.63) is 48.5 Å². The van der Waals surface area contributed by atoms with Crippen molar-refractivity contribution in [1.82, 2.24) is 5.32 Å². The SMILES string of the molecule is CCC[C@@H](C)NC(=O)CN(c1ccccc1OCC)S(=O)(=O)c1ccc(SC)cc1. The van der Waals surface area contributed by atoms with Crippen molar-refractivity contribution in [2.24, 2.45) is 0 Å². The Kier molecular flexibility index (Phi) is 9.05. The normalized spacial score (nSPS) is 12.3. The van der Waals surface area contributed by atoms with Gasteiger partial charge in [-0.25, -0.2) is 8.42 Å². The van der Waals surface area contributed by atoms with Crippen molar-refractivity contribution in [2.45, 2.75) is 49.4 Å². The molecule has 0 aliphatic carbocycles. The minimum absolute atomic E-state index is 0.0324. The van der Waals surface area contributed by atoms with Crippen LogP contribution in [0, 0.1) is 0 Å². The van der Waals surface area contributed by atoms with E-state index in [1.165, 1.54) is 11.8 Å². The van der Waals surface area contributed by atoms with Crippen LogP contribution in [0.15, 0.2) is 58.3 Å². The largest absolute Gasteiger partial charge is 0.492 e. The third kappa shape index (κ3) is 6.15. The van der Waals surface area contributed by atoms with E-state index < -0.39 is 10.0 Å². The molecule has 0 unspecified atom stereocenters. The van der Waals surface area contributed by atoms with Gasteiger partial charge < -0.3 is 10.1 Å². The third-order valence-corrected chi connectivity index (χ3v) is 7.02. The molecule has 0 radical (unpaired) electrons. The fourth-order valence-corrected chi connectivity index (χ4v) is 4.91. The third-order valence-electron chi connectivity index (χ3n) is 4.50. The van der Waals surface area contributed by atoms with Crippen LogP contribution in [0.25, 0.3) is 0 Å². The summed E-state index contributed by atoms with van der Waals surface area (Å²) < 4.78 is 33.8. The predicted octanol–water partition coefficient (Wildman–Crippen LogP) is 4.31. The summed E-state index contributed by atoms with van der Waals surface area (Å²) in [5, 5.41) is 2.89. The fraction of sp³-hybridized carbons (Fsp3) is 0.409. The summed E-state index contributed by atoms with van der Waals surface area (Å²) >= 11 is 1.53. The van der Waals surface area contributed by atoms with Crippen LogP contribution in [0.3, 0.4) is 0 Å². The molecule has 1 atom stereocenters. The molecule has 0 aliphatic heterocycles. The summed E-state index contributed by atoms with van der Waals surface area (Å²) in [6.45, 7) is 5.83. The Hall–Kier alpha value is -2.19. The maximum atomic E-state index is 13.5. The van der Waals surface area contributed by atoms with E-state index in [0.29, 0.717) is 18.0 Å². The first-order valence-corrected chi connectivity index (χ1v) is 12.7. The molecule has 8 heteroatoms. The summed E-state index contributed by atoms with van der Waals surface area (Å²) in [6, 6.07) is 13.5. The Morgan fingerprint density at radius 1 is 1.13 bits per heavy atom. The second-order valence-electron chi connectivity index (χ2n) is 6.85. The first-order chi connectivity index (χ1) is 14.3. The van der Waals surface area contributed by atoms with Gasteiger partial charge in [0.2, 0.25) is 5.91 Å². The first-order valence-electron chi connectivity index (χ1n) is 10.0. The molecule has 0 saturated heterocycles. The summed E-state index contributed by atoms with van der Waals surface area (Å²) in [4.78, 5) is 13.8. The molecule has 2 aromatic rings. The van der Waals surface area contributed by atoms with Crippen LogP contribution < -0.4 is 14.4 Å². The Balaban J connectivity index is 2.46. The van der Waals surface area contributed by atoms with E-state index in [2.05, 4.69) is 5.32 Å². The maximum Gasteiger partial charge on any atom is 0.264 e. The molecule has 30 heavy (non-hydrogen) atoms. The van der Waals surface area contributed by atoms with Gasteiger partial charge >= 0.3 is 0 Å². The van der Waals surface area contributed by atoms with Gasteiger partial charge in [-0.15, -0.1) is 11.8 Å². The van der Waals surface area contributed by atoms with Crippen molar-refractivity contribution in [1.29, 1.82) is 0 Å². The van der Waals surface area contributed by atoms with Gasteiger partial charge in [-0.2, -0.15) is 0 Å². The van der Waals surface area contributed by atoms with Crippen molar-refractivity contribution in [3.63, 3.8) is 0 Å². The molecular weight excluding hydrogens is 420 g/mol. The molecule has 0 spiro atoms. The molecule has 0 heterocycles. The number of nitrogens with one attached hydrogen (secondary N) is 1. The van der Waals surface area contributed by atoms with E-state index in [4.69, 9.17) is 4.74 Å². The van der Waals surface area contributed by atoms with Crippen LogP contribution in [-0.4, -0.2) is 39.8 Å². The van der Waals surface area contributed by atoms with Gasteiger partial charge in [0, 0.05) is 10.9 Å². The molecular formula is C22H30N2O4S2. The van der Waals surface area contributed by atoms with E-state index in [1.54, 1.807) is 48.5 Å². The highest BCUT2D eigenvalue weighted by atomic mass is 32.2. The molecule has 0 aromatic heterocycles. The number of thioether (sulfide) groups is 1. The standard InChI is InChI=1S/C22H30N2O4S2/c1-5-9-17(3)23-22(25)16-24(20-10-7-8-11-21(20)28-6-2)30(26,27)19-14-12-18(29-4)13-15-19/h7-8,10-15,17H,5-6,9,16H2,1-4H3,(H,23,25)/t17-/m1/s1. The molecule has 1 amide bonds. The number of nitrogens with zero attached hydrogens (tertiary/aromatic N) is 1.